The van der Waals surface area contributed by atoms with Gasteiger partial charge in [0.2, 0.25) is 5.91 Å². The second-order valence-electron chi connectivity index (χ2n) is 6.09. The summed E-state index contributed by atoms with van der Waals surface area (Å²) in [5.74, 6) is 1.19. The second kappa shape index (κ2) is 8.35. The summed E-state index contributed by atoms with van der Waals surface area (Å²) in [7, 11) is 3.16. The van der Waals surface area contributed by atoms with E-state index in [1.807, 2.05) is 43.3 Å². The van der Waals surface area contributed by atoms with Gasteiger partial charge in [0.25, 0.3) is 0 Å². The highest BCUT2D eigenvalue weighted by molar-refractivity contribution is 5.79. The van der Waals surface area contributed by atoms with E-state index >= 15 is 0 Å². The van der Waals surface area contributed by atoms with Gasteiger partial charge in [0, 0.05) is 0 Å². The minimum atomic E-state index is -0.109. The van der Waals surface area contributed by atoms with E-state index in [2.05, 4.69) is 15.4 Å². The largest absolute Gasteiger partial charge is 0.493 e. The van der Waals surface area contributed by atoms with E-state index in [4.69, 9.17) is 9.47 Å². The Bertz CT molecular complexity index is 892. The molecule has 3 aromatic rings. The first kappa shape index (κ1) is 18.4. The fourth-order valence-electron chi connectivity index (χ4n) is 2.81. The van der Waals surface area contributed by atoms with E-state index in [0.717, 1.165) is 16.8 Å². The standard InChI is InChI=1S/C20H22N4O3/c1-14(16-5-7-17(8-6-16)24-13-21-12-22-24)23-20(25)11-15-4-9-18(26-2)19(10-15)27-3/h4-10,12-14H,11H2,1-3H3,(H,23,25). The molecule has 140 valence electrons. The Morgan fingerprint density at radius 3 is 2.48 bits per heavy atom. The predicted molar refractivity (Wildman–Crippen MR) is 101 cm³/mol. The van der Waals surface area contributed by atoms with Crippen LogP contribution >= 0.6 is 0 Å². The van der Waals surface area contributed by atoms with Crippen LogP contribution in [0.4, 0.5) is 0 Å². The smallest absolute Gasteiger partial charge is 0.224 e. The summed E-state index contributed by atoms with van der Waals surface area (Å²) in [6, 6.07) is 13.2. The van der Waals surface area contributed by atoms with Gasteiger partial charge < -0.3 is 14.8 Å². The van der Waals surface area contributed by atoms with Gasteiger partial charge in [-0.15, -0.1) is 0 Å². The summed E-state index contributed by atoms with van der Waals surface area (Å²) in [5.41, 5.74) is 2.79. The van der Waals surface area contributed by atoms with Crippen molar-refractivity contribution >= 4 is 5.91 Å². The molecule has 0 aliphatic rings. The third-order valence-corrected chi connectivity index (χ3v) is 4.27. The summed E-state index contributed by atoms with van der Waals surface area (Å²) in [6.07, 6.45) is 3.40. The van der Waals surface area contributed by atoms with Crippen molar-refractivity contribution in [3.05, 3.63) is 66.2 Å². The molecule has 27 heavy (non-hydrogen) atoms. The van der Waals surface area contributed by atoms with Crippen molar-refractivity contribution in [1.29, 1.82) is 0 Å². The summed E-state index contributed by atoms with van der Waals surface area (Å²) >= 11 is 0. The highest BCUT2D eigenvalue weighted by Crippen LogP contribution is 2.27. The zero-order chi connectivity index (χ0) is 19.2. The average Bonchev–Trinajstić information content (AvgIpc) is 3.22. The van der Waals surface area contributed by atoms with Gasteiger partial charge in [-0.3, -0.25) is 4.79 Å². The zero-order valence-corrected chi connectivity index (χ0v) is 15.5. The van der Waals surface area contributed by atoms with Gasteiger partial charge in [-0.05, 0) is 42.3 Å². The maximum atomic E-state index is 12.4. The van der Waals surface area contributed by atoms with E-state index in [1.165, 1.54) is 6.33 Å². The van der Waals surface area contributed by atoms with Crippen LogP contribution in [0.2, 0.25) is 0 Å². The number of methoxy groups -OCH3 is 2. The molecule has 0 bridgehead atoms. The molecular formula is C20H22N4O3. The van der Waals surface area contributed by atoms with Crippen LogP contribution in [0.15, 0.2) is 55.1 Å². The Balaban J connectivity index is 1.62. The lowest BCUT2D eigenvalue weighted by atomic mass is 10.1. The minimum Gasteiger partial charge on any atom is -0.493 e. The molecule has 0 saturated heterocycles. The Kier molecular flexibility index (Phi) is 5.71. The first-order valence-electron chi connectivity index (χ1n) is 8.56. The van der Waals surface area contributed by atoms with E-state index in [-0.39, 0.29) is 18.4 Å². The summed E-state index contributed by atoms with van der Waals surface area (Å²) in [4.78, 5) is 16.3. The molecule has 1 unspecified atom stereocenters. The lowest BCUT2D eigenvalue weighted by Crippen LogP contribution is -2.28. The van der Waals surface area contributed by atoms with Crippen LogP contribution in [0.25, 0.3) is 5.69 Å². The normalized spacial score (nSPS) is 11.7. The Morgan fingerprint density at radius 2 is 1.85 bits per heavy atom. The van der Waals surface area contributed by atoms with Crippen molar-refractivity contribution in [2.75, 3.05) is 14.2 Å². The number of hydrogen-bond donors (Lipinski definition) is 1. The molecular weight excluding hydrogens is 344 g/mol. The Hall–Kier alpha value is -3.35. The maximum absolute atomic E-state index is 12.4. The van der Waals surface area contributed by atoms with Crippen LogP contribution in [-0.4, -0.2) is 34.9 Å². The number of carbonyl (C=O) groups excluding carboxylic acids is 1. The fraction of sp³-hybridized carbons (Fsp3) is 0.250. The third kappa shape index (κ3) is 4.44. The molecule has 2 aromatic carbocycles. The number of ether oxygens (including phenoxy) is 2. The molecule has 0 aliphatic heterocycles. The molecule has 1 aromatic heterocycles. The van der Waals surface area contributed by atoms with Crippen LogP contribution in [0.5, 0.6) is 11.5 Å². The lowest BCUT2D eigenvalue weighted by molar-refractivity contribution is -0.121. The molecule has 7 nitrogen and oxygen atoms in total. The van der Waals surface area contributed by atoms with Gasteiger partial charge in [0.15, 0.2) is 11.5 Å². The highest BCUT2D eigenvalue weighted by atomic mass is 16.5. The summed E-state index contributed by atoms with van der Waals surface area (Å²) in [6.45, 7) is 1.96. The molecule has 0 radical (unpaired) electrons. The molecule has 1 amide bonds. The third-order valence-electron chi connectivity index (χ3n) is 4.27. The van der Waals surface area contributed by atoms with E-state index in [1.54, 1.807) is 31.3 Å². The number of nitrogens with one attached hydrogen (secondary N) is 1. The van der Waals surface area contributed by atoms with Crippen molar-refractivity contribution < 1.29 is 14.3 Å². The maximum Gasteiger partial charge on any atom is 0.224 e. The second-order valence-corrected chi connectivity index (χ2v) is 6.09. The van der Waals surface area contributed by atoms with Crippen LogP contribution in [0.1, 0.15) is 24.1 Å². The molecule has 0 saturated carbocycles. The highest BCUT2D eigenvalue weighted by Gasteiger charge is 2.12. The fourth-order valence-corrected chi connectivity index (χ4v) is 2.81. The molecule has 3 rings (SSSR count). The van der Waals surface area contributed by atoms with E-state index in [9.17, 15) is 4.79 Å². The van der Waals surface area contributed by atoms with Crippen LogP contribution < -0.4 is 14.8 Å². The van der Waals surface area contributed by atoms with Crippen molar-refractivity contribution in [1.82, 2.24) is 20.1 Å². The Labute approximate surface area is 158 Å². The first-order valence-corrected chi connectivity index (χ1v) is 8.56. The van der Waals surface area contributed by atoms with Crippen LogP contribution in [0, 0.1) is 0 Å². The molecule has 1 heterocycles. The van der Waals surface area contributed by atoms with Crippen molar-refractivity contribution in [2.45, 2.75) is 19.4 Å². The number of nitrogens with zero attached hydrogens (tertiary/aromatic N) is 3. The lowest BCUT2D eigenvalue weighted by Gasteiger charge is -2.15. The molecule has 0 fully saturated rings. The number of rotatable bonds is 7. The number of benzene rings is 2. The van der Waals surface area contributed by atoms with Crippen molar-refractivity contribution in [3.63, 3.8) is 0 Å². The zero-order valence-electron chi connectivity index (χ0n) is 15.5. The summed E-state index contributed by atoms with van der Waals surface area (Å²) in [5, 5.41) is 7.12. The van der Waals surface area contributed by atoms with Gasteiger partial charge in [-0.1, -0.05) is 18.2 Å². The first-order chi connectivity index (χ1) is 13.1. The van der Waals surface area contributed by atoms with Gasteiger partial charge in [0.1, 0.15) is 12.7 Å². The average molecular weight is 366 g/mol. The van der Waals surface area contributed by atoms with E-state index in [0.29, 0.717) is 11.5 Å². The molecule has 1 atom stereocenters. The molecule has 0 spiro atoms. The predicted octanol–water partition coefficient (Wildman–Crippen LogP) is 2.70. The number of hydrogen-bond acceptors (Lipinski definition) is 5. The Morgan fingerprint density at radius 1 is 1.11 bits per heavy atom. The molecule has 0 aliphatic carbocycles. The number of carbonyl (C=O) groups is 1. The SMILES string of the molecule is COc1ccc(CC(=O)NC(C)c2ccc(-n3cncn3)cc2)cc1OC. The van der Waals surface area contributed by atoms with Crippen LogP contribution in [0.3, 0.4) is 0 Å². The molecule has 1 N–H and O–H groups in total. The quantitative estimate of drug-likeness (QED) is 0.696. The van der Waals surface area contributed by atoms with Crippen molar-refractivity contribution in [3.8, 4) is 17.2 Å². The topological polar surface area (TPSA) is 78.3 Å². The van der Waals surface area contributed by atoms with Gasteiger partial charge in [-0.25, -0.2) is 9.67 Å². The van der Waals surface area contributed by atoms with Gasteiger partial charge in [0.05, 0.1) is 32.4 Å². The van der Waals surface area contributed by atoms with Crippen molar-refractivity contribution in [2.24, 2.45) is 0 Å². The summed E-state index contributed by atoms with van der Waals surface area (Å²) < 4.78 is 12.2. The monoisotopic (exact) mass is 366 g/mol. The number of aromatic nitrogens is 3. The van der Waals surface area contributed by atoms with Gasteiger partial charge in [-0.2, -0.15) is 5.10 Å². The van der Waals surface area contributed by atoms with Crippen LogP contribution in [-0.2, 0) is 11.2 Å². The number of amides is 1. The van der Waals surface area contributed by atoms with Gasteiger partial charge >= 0.3 is 0 Å². The van der Waals surface area contributed by atoms with E-state index < -0.39 is 0 Å². The minimum absolute atomic E-state index is 0.0601. The molecule has 7 heteroatoms.